The summed E-state index contributed by atoms with van der Waals surface area (Å²) in [6, 6.07) is 9.90. The Morgan fingerprint density at radius 2 is 2.00 bits per heavy atom. The summed E-state index contributed by atoms with van der Waals surface area (Å²) in [4.78, 5) is 11.9. The predicted octanol–water partition coefficient (Wildman–Crippen LogP) is 2.30. The van der Waals surface area contributed by atoms with Crippen LogP contribution < -0.4 is 0 Å². The van der Waals surface area contributed by atoms with E-state index in [0.717, 1.165) is 5.56 Å². The Morgan fingerprint density at radius 3 is 2.68 bits per heavy atom. The SMILES string of the molecule is COC1O[C@H]2[C@H](OC[C@H]2OC(=O)CC(C)C)[C@@H]1OCc1ccccc1. The molecule has 0 bridgehead atoms. The second-order valence-electron chi connectivity index (χ2n) is 6.89. The van der Waals surface area contributed by atoms with Gasteiger partial charge in [0.1, 0.15) is 18.3 Å². The predicted molar refractivity (Wildman–Crippen MR) is 89.8 cm³/mol. The first-order valence-corrected chi connectivity index (χ1v) is 8.73. The van der Waals surface area contributed by atoms with Crippen LogP contribution in [0.4, 0.5) is 0 Å². The third kappa shape index (κ3) is 4.39. The molecule has 0 aliphatic carbocycles. The third-order valence-electron chi connectivity index (χ3n) is 4.40. The van der Waals surface area contributed by atoms with Crippen molar-refractivity contribution < 1.29 is 28.5 Å². The molecule has 0 radical (unpaired) electrons. The number of benzene rings is 1. The molecule has 0 N–H and O–H groups in total. The largest absolute Gasteiger partial charge is 0.457 e. The van der Waals surface area contributed by atoms with Gasteiger partial charge in [-0.1, -0.05) is 44.2 Å². The summed E-state index contributed by atoms with van der Waals surface area (Å²) in [6.45, 7) is 4.73. The van der Waals surface area contributed by atoms with E-state index in [4.69, 9.17) is 23.7 Å². The minimum atomic E-state index is -0.537. The highest BCUT2D eigenvalue weighted by molar-refractivity contribution is 5.69. The lowest BCUT2D eigenvalue weighted by molar-refractivity contribution is -0.190. The molecule has 0 spiro atoms. The van der Waals surface area contributed by atoms with Gasteiger partial charge in [0.25, 0.3) is 0 Å². The van der Waals surface area contributed by atoms with Gasteiger partial charge >= 0.3 is 5.97 Å². The van der Waals surface area contributed by atoms with E-state index in [-0.39, 0.29) is 30.2 Å². The van der Waals surface area contributed by atoms with Gasteiger partial charge in [-0.2, -0.15) is 0 Å². The van der Waals surface area contributed by atoms with E-state index >= 15 is 0 Å². The van der Waals surface area contributed by atoms with Gasteiger partial charge in [0.05, 0.1) is 13.2 Å². The van der Waals surface area contributed by atoms with Crippen LogP contribution in [-0.2, 0) is 35.1 Å². The van der Waals surface area contributed by atoms with Gasteiger partial charge < -0.3 is 23.7 Å². The molecule has 1 aromatic rings. The maximum absolute atomic E-state index is 11.9. The van der Waals surface area contributed by atoms with Crippen molar-refractivity contribution in [3.63, 3.8) is 0 Å². The molecule has 1 unspecified atom stereocenters. The lowest BCUT2D eigenvalue weighted by Gasteiger charge is -2.21. The minimum Gasteiger partial charge on any atom is -0.457 e. The van der Waals surface area contributed by atoms with Crippen LogP contribution >= 0.6 is 0 Å². The summed E-state index contributed by atoms with van der Waals surface area (Å²) in [6.07, 6.45) is -1.59. The summed E-state index contributed by atoms with van der Waals surface area (Å²) >= 11 is 0. The smallest absolute Gasteiger partial charge is 0.306 e. The number of carbonyl (C=O) groups excluding carboxylic acids is 1. The van der Waals surface area contributed by atoms with Gasteiger partial charge in [0.15, 0.2) is 12.4 Å². The topological polar surface area (TPSA) is 63.2 Å². The molecule has 6 heteroatoms. The Balaban J connectivity index is 1.59. The molecule has 2 heterocycles. The number of hydrogen-bond donors (Lipinski definition) is 0. The van der Waals surface area contributed by atoms with Gasteiger partial charge in [-0.05, 0) is 11.5 Å². The monoisotopic (exact) mass is 350 g/mol. The maximum Gasteiger partial charge on any atom is 0.306 e. The number of ether oxygens (including phenoxy) is 5. The van der Waals surface area contributed by atoms with Crippen molar-refractivity contribution in [2.75, 3.05) is 13.7 Å². The fourth-order valence-corrected chi connectivity index (χ4v) is 3.22. The molecule has 138 valence electrons. The fourth-order valence-electron chi connectivity index (χ4n) is 3.22. The molecule has 0 saturated carbocycles. The Kier molecular flexibility index (Phi) is 6.06. The van der Waals surface area contributed by atoms with Gasteiger partial charge in [-0.3, -0.25) is 4.79 Å². The molecular formula is C19H26O6. The third-order valence-corrected chi connectivity index (χ3v) is 4.40. The van der Waals surface area contributed by atoms with Gasteiger partial charge in [0, 0.05) is 13.5 Å². The second-order valence-corrected chi connectivity index (χ2v) is 6.89. The molecule has 0 amide bonds. The van der Waals surface area contributed by atoms with Crippen LogP contribution in [-0.4, -0.2) is 50.4 Å². The van der Waals surface area contributed by atoms with Crippen molar-refractivity contribution in [2.45, 2.75) is 57.6 Å². The molecule has 5 atom stereocenters. The van der Waals surface area contributed by atoms with Crippen LogP contribution in [0.3, 0.4) is 0 Å². The van der Waals surface area contributed by atoms with E-state index in [1.54, 1.807) is 7.11 Å². The number of esters is 1. The summed E-state index contributed by atoms with van der Waals surface area (Å²) in [5, 5.41) is 0. The van der Waals surface area contributed by atoms with E-state index in [9.17, 15) is 4.79 Å². The normalized spacial score (nSPS) is 31.3. The van der Waals surface area contributed by atoms with Crippen molar-refractivity contribution >= 4 is 5.97 Å². The molecule has 3 rings (SSSR count). The van der Waals surface area contributed by atoms with Crippen molar-refractivity contribution in [3.8, 4) is 0 Å². The average Bonchev–Trinajstić information content (AvgIpc) is 3.13. The van der Waals surface area contributed by atoms with E-state index in [1.165, 1.54) is 0 Å². The fraction of sp³-hybridized carbons (Fsp3) is 0.632. The average molecular weight is 350 g/mol. The highest BCUT2D eigenvalue weighted by Gasteiger charge is 2.55. The first-order valence-electron chi connectivity index (χ1n) is 8.73. The highest BCUT2D eigenvalue weighted by atomic mass is 16.7. The van der Waals surface area contributed by atoms with E-state index in [2.05, 4.69) is 0 Å². The molecular weight excluding hydrogens is 324 g/mol. The van der Waals surface area contributed by atoms with Crippen molar-refractivity contribution in [2.24, 2.45) is 5.92 Å². The van der Waals surface area contributed by atoms with E-state index < -0.39 is 12.4 Å². The zero-order chi connectivity index (χ0) is 17.8. The summed E-state index contributed by atoms with van der Waals surface area (Å²) < 4.78 is 28.7. The summed E-state index contributed by atoms with van der Waals surface area (Å²) in [7, 11) is 1.57. The van der Waals surface area contributed by atoms with Crippen LogP contribution in [0.2, 0.25) is 0 Å². The number of hydrogen-bond acceptors (Lipinski definition) is 6. The molecule has 2 aliphatic heterocycles. The Morgan fingerprint density at radius 1 is 1.24 bits per heavy atom. The molecule has 6 nitrogen and oxygen atoms in total. The van der Waals surface area contributed by atoms with Gasteiger partial charge in [-0.25, -0.2) is 0 Å². The lowest BCUT2D eigenvalue weighted by atomic mass is 10.1. The van der Waals surface area contributed by atoms with Crippen molar-refractivity contribution in [1.82, 2.24) is 0 Å². The number of methoxy groups -OCH3 is 1. The lowest BCUT2D eigenvalue weighted by Crippen LogP contribution is -2.36. The number of fused-ring (bicyclic) bond motifs is 1. The Bertz CT molecular complexity index is 560. The van der Waals surface area contributed by atoms with Crippen LogP contribution in [0.1, 0.15) is 25.8 Å². The minimum absolute atomic E-state index is 0.226. The van der Waals surface area contributed by atoms with Gasteiger partial charge in [0.2, 0.25) is 0 Å². The van der Waals surface area contributed by atoms with E-state index in [0.29, 0.717) is 19.6 Å². The first kappa shape index (κ1) is 18.3. The quantitative estimate of drug-likeness (QED) is 0.703. The second kappa shape index (κ2) is 8.27. The maximum atomic E-state index is 11.9. The highest BCUT2D eigenvalue weighted by Crippen LogP contribution is 2.35. The molecule has 0 aromatic heterocycles. The number of carbonyl (C=O) groups is 1. The number of rotatable bonds is 7. The van der Waals surface area contributed by atoms with Crippen molar-refractivity contribution in [3.05, 3.63) is 35.9 Å². The Hall–Kier alpha value is -1.47. The van der Waals surface area contributed by atoms with Crippen LogP contribution in [0.5, 0.6) is 0 Å². The summed E-state index contributed by atoms with van der Waals surface area (Å²) in [5.74, 6) is 0.0271. The van der Waals surface area contributed by atoms with E-state index in [1.807, 2.05) is 44.2 Å². The molecule has 2 aliphatic rings. The molecule has 2 saturated heterocycles. The Labute approximate surface area is 148 Å². The molecule has 1 aromatic carbocycles. The van der Waals surface area contributed by atoms with Crippen LogP contribution in [0.25, 0.3) is 0 Å². The molecule has 25 heavy (non-hydrogen) atoms. The van der Waals surface area contributed by atoms with Crippen molar-refractivity contribution in [1.29, 1.82) is 0 Å². The van der Waals surface area contributed by atoms with Crippen LogP contribution in [0.15, 0.2) is 30.3 Å². The standard InChI is InChI=1S/C19H26O6/c1-12(2)9-15(20)24-14-11-23-17-16(14)25-19(21-3)18(17)22-10-13-7-5-4-6-8-13/h4-8,12,14,16-19H,9-11H2,1-3H3/t14-,16-,17+,18+,19?/m1/s1. The zero-order valence-corrected chi connectivity index (χ0v) is 14.9. The summed E-state index contributed by atoms with van der Waals surface area (Å²) in [5.41, 5.74) is 1.07. The first-order chi connectivity index (χ1) is 12.1. The van der Waals surface area contributed by atoms with Crippen LogP contribution in [0, 0.1) is 5.92 Å². The molecule has 2 fully saturated rings. The zero-order valence-electron chi connectivity index (χ0n) is 14.9. The van der Waals surface area contributed by atoms with Gasteiger partial charge in [-0.15, -0.1) is 0 Å².